The topological polar surface area (TPSA) is 50.4 Å². The third-order valence-electron chi connectivity index (χ3n) is 3.39. The first-order valence-electron chi connectivity index (χ1n) is 7.05. The summed E-state index contributed by atoms with van der Waals surface area (Å²) < 4.78 is 0. The molecule has 3 N–H and O–H groups in total. The van der Waals surface area contributed by atoms with E-state index in [1.54, 1.807) is 0 Å². The number of thiol groups is 1. The van der Waals surface area contributed by atoms with Crippen LogP contribution in [0.2, 0.25) is 0 Å². The molecule has 3 nitrogen and oxygen atoms in total. The monoisotopic (exact) mass is 307 g/mol. The van der Waals surface area contributed by atoms with Crippen molar-refractivity contribution in [2.75, 3.05) is 5.32 Å². The van der Waals surface area contributed by atoms with Crippen LogP contribution in [0.1, 0.15) is 5.56 Å². The molecule has 3 aromatic carbocycles. The van der Waals surface area contributed by atoms with Gasteiger partial charge in [0.05, 0.1) is 5.69 Å². The van der Waals surface area contributed by atoms with Crippen LogP contribution in [0, 0.1) is 0 Å². The maximum atomic E-state index is 6.04. The van der Waals surface area contributed by atoms with Crippen LogP contribution >= 0.6 is 12.6 Å². The Balaban J connectivity index is 1.90. The maximum absolute atomic E-state index is 6.04. The molecule has 0 spiro atoms. The van der Waals surface area contributed by atoms with Gasteiger partial charge in [-0.25, -0.2) is 4.99 Å². The molecule has 22 heavy (non-hydrogen) atoms. The smallest absolute Gasteiger partial charge is 0.198 e. The summed E-state index contributed by atoms with van der Waals surface area (Å²) in [5, 5.41) is 5.35. The molecule has 0 radical (unpaired) electrons. The Morgan fingerprint density at radius 2 is 1.77 bits per heavy atom. The molecule has 0 aliphatic rings. The molecule has 3 rings (SSSR count). The molecule has 3 aromatic rings. The van der Waals surface area contributed by atoms with Crippen molar-refractivity contribution in [3.05, 3.63) is 72.3 Å². The Morgan fingerprint density at radius 1 is 1.00 bits per heavy atom. The van der Waals surface area contributed by atoms with E-state index < -0.39 is 0 Å². The number of anilines is 1. The van der Waals surface area contributed by atoms with Gasteiger partial charge in [0, 0.05) is 16.8 Å². The van der Waals surface area contributed by atoms with Crippen molar-refractivity contribution in [1.82, 2.24) is 0 Å². The Hall–Kier alpha value is -2.46. The van der Waals surface area contributed by atoms with Gasteiger partial charge in [-0.1, -0.05) is 48.5 Å². The van der Waals surface area contributed by atoms with Crippen molar-refractivity contribution >= 4 is 40.7 Å². The van der Waals surface area contributed by atoms with E-state index in [0.717, 1.165) is 27.7 Å². The SMILES string of the molecule is NC(=Nc1cccc2ccccc12)Nc1cccc(CS)c1. The molecule has 0 heterocycles. The summed E-state index contributed by atoms with van der Waals surface area (Å²) >= 11 is 4.28. The molecule has 0 atom stereocenters. The molecule has 0 saturated heterocycles. The van der Waals surface area contributed by atoms with Crippen molar-refractivity contribution < 1.29 is 0 Å². The minimum Gasteiger partial charge on any atom is -0.369 e. The van der Waals surface area contributed by atoms with Gasteiger partial charge < -0.3 is 11.1 Å². The van der Waals surface area contributed by atoms with E-state index in [-0.39, 0.29) is 0 Å². The zero-order chi connectivity index (χ0) is 15.4. The lowest BCUT2D eigenvalue weighted by Gasteiger charge is -2.08. The molecule has 0 aliphatic carbocycles. The fraction of sp³-hybridized carbons (Fsp3) is 0.0556. The average molecular weight is 307 g/mol. The van der Waals surface area contributed by atoms with Crippen LogP contribution in [0.15, 0.2) is 71.7 Å². The summed E-state index contributed by atoms with van der Waals surface area (Å²) in [6.45, 7) is 0. The molecule has 0 bridgehead atoms. The third-order valence-corrected chi connectivity index (χ3v) is 3.75. The van der Waals surface area contributed by atoms with Crippen LogP contribution in [0.25, 0.3) is 10.8 Å². The van der Waals surface area contributed by atoms with Gasteiger partial charge in [0.15, 0.2) is 5.96 Å². The number of rotatable bonds is 3. The molecule has 110 valence electrons. The van der Waals surface area contributed by atoms with Gasteiger partial charge in [-0.05, 0) is 29.1 Å². The number of benzene rings is 3. The van der Waals surface area contributed by atoms with Crippen LogP contribution in [-0.4, -0.2) is 5.96 Å². The van der Waals surface area contributed by atoms with Crippen LogP contribution < -0.4 is 11.1 Å². The van der Waals surface area contributed by atoms with Crippen molar-refractivity contribution in [3.8, 4) is 0 Å². The predicted octanol–water partition coefficient (Wildman–Crippen LogP) is 4.33. The highest BCUT2D eigenvalue weighted by molar-refractivity contribution is 7.79. The first-order valence-corrected chi connectivity index (χ1v) is 7.68. The molecule has 0 aromatic heterocycles. The predicted molar refractivity (Wildman–Crippen MR) is 98.0 cm³/mol. The van der Waals surface area contributed by atoms with E-state index in [9.17, 15) is 0 Å². The number of aliphatic imine (C=N–C) groups is 1. The van der Waals surface area contributed by atoms with Crippen LogP contribution in [-0.2, 0) is 5.75 Å². The Kier molecular flexibility index (Phi) is 4.30. The van der Waals surface area contributed by atoms with Gasteiger partial charge in [0.25, 0.3) is 0 Å². The van der Waals surface area contributed by atoms with Gasteiger partial charge in [-0.15, -0.1) is 0 Å². The van der Waals surface area contributed by atoms with E-state index in [0.29, 0.717) is 11.7 Å². The average Bonchev–Trinajstić information content (AvgIpc) is 2.55. The van der Waals surface area contributed by atoms with Crippen molar-refractivity contribution in [1.29, 1.82) is 0 Å². The van der Waals surface area contributed by atoms with Crippen molar-refractivity contribution in [2.24, 2.45) is 10.7 Å². The largest absolute Gasteiger partial charge is 0.369 e. The summed E-state index contributed by atoms with van der Waals surface area (Å²) in [7, 11) is 0. The maximum Gasteiger partial charge on any atom is 0.198 e. The highest BCUT2D eigenvalue weighted by Crippen LogP contribution is 2.25. The molecule has 4 heteroatoms. The highest BCUT2D eigenvalue weighted by atomic mass is 32.1. The number of nitrogens with one attached hydrogen (secondary N) is 1. The number of nitrogens with two attached hydrogens (primary N) is 1. The number of hydrogen-bond donors (Lipinski definition) is 3. The van der Waals surface area contributed by atoms with Gasteiger partial charge in [0.1, 0.15) is 0 Å². The van der Waals surface area contributed by atoms with E-state index >= 15 is 0 Å². The third kappa shape index (κ3) is 3.23. The summed E-state index contributed by atoms with van der Waals surface area (Å²) in [6, 6.07) is 22.1. The minimum absolute atomic E-state index is 0.368. The standard InChI is InChI=1S/C18H17N3S/c19-18(20-15-8-3-5-13(11-15)12-22)21-17-10-4-7-14-6-1-2-9-16(14)17/h1-11,22H,12H2,(H3,19,20,21). The molecule has 0 unspecified atom stereocenters. The fourth-order valence-electron chi connectivity index (χ4n) is 2.36. The van der Waals surface area contributed by atoms with Crippen molar-refractivity contribution in [2.45, 2.75) is 5.75 Å². The number of hydrogen-bond acceptors (Lipinski definition) is 2. The second kappa shape index (κ2) is 6.54. The van der Waals surface area contributed by atoms with E-state index in [1.807, 2.05) is 54.6 Å². The van der Waals surface area contributed by atoms with Crippen molar-refractivity contribution in [3.63, 3.8) is 0 Å². The Bertz CT molecular complexity index is 822. The lowest BCUT2D eigenvalue weighted by molar-refractivity contribution is 1.40. The lowest BCUT2D eigenvalue weighted by Crippen LogP contribution is -2.21. The van der Waals surface area contributed by atoms with Gasteiger partial charge in [0.2, 0.25) is 0 Å². The molecular formula is C18H17N3S. The summed E-state index contributed by atoms with van der Waals surface area (Å²) in [4.78, 5) is 4.50. The van der Waals surface area contributed by atoms with Crippen LogP contribution in [0.4, 0.5) is 11.4 Å². The molecule has 0 fully saturated rings. The zero-order valence-electron chi connectivity index (χ0n) is 12.0. The second-order valence-electron chi connectivity index (χ2n) is 4.98. The zero-order valence-corrected chi connectivity index (χ0v) is 12.9. The van der Waals surface area contributed by atoms with Gasteiger partial charge in [-0.3, -0.25) is 0 Å². The summed E-state index contributed by atoms with van der Waals surface area (Å²) in [5.41, 5.74) is 8.94. The second-order valence-corrected chi connectivity index (χ2v) is 5.30. The molecule has 0 saturated carbocycles. The Morgan fingerprint density at radius 3 is 2.64 bits per heavy atom. The number of guanidine groups is 1. The van der Waals surface area contributed by atoms with Gasteiger partial charge >= 0.3 is 0 Å². The van der Waals surface area contributed by atoms with Crippen LogP contribution in [0.3, 0.4) is 0 Å². The van der Waals surface area contributed by atoms with Gasteiger partial charge in [-0.2, -0.15) is 12.6 Å². The number of fused-ring (bicyclic) bond motifs is 1. The summed E-state index contributed by atoms with van der Waals surface area (Å²) in [5.74, 6) is 1.06. The quantitative estimate of drug-likeness (QED) is 0.383. The molecular weight excluding hydrogens is 290 g/mol. The number of nitrogens with zero attached hydrogens (tertiary/aromatic N) is 1. The fourth-order valence-corrected chi connectivity index (χ4v) is 2.56. The first kappa shape index (κ1) is 14.5. The van der Waals surface area contributed by atoms with E-state index in [4.69, 9.17) is 5.73 Å². The normalized spacial score (nSPS) is 11.6. The molecule has 0 aliphatic heterocycles. The van der Waals surface area contributed by atoms with E-state index in [2.05, 4.69) is 35.1 Å². The minimum atomic E-state index is 0.368. The Labute approximate surface area is 135 Å². The molecule has 0 amide bonds. The highest BCUT2D eigenvalue weighted by Gasteiger charge is 2.01. The lowest BCUT2D eigenvalue weighted by atomic mass is 10.1. The van der Waals surface area contributed by atoms with E-state index in [1.165, 1.54) is 0 Å². The first-order chi connectivity index (χ1) is 10.8. The van der Waals surface area contributed by atoms with Crippen LogP contribution in [0.5, 0.6) is 0 Å². The summed E-state index contributed by atoms with van der Waals surface area (Å²) in [6.07, 6.45) is 0.